The third kappa shape index (κ3) is 4.78. The standard InChI is InChI=1S/C51H36N4/c1-51(2)42-22-11-8-20-39(42)48-43(51)23-14-26-46(48)54(37-29-27-34(28-30-37)33-15-4-3-5-16-33)50-52-44-24-12-9-21-40(44)49(53-50)55-45-25-13-10-19-38(45)41-31-35-17-6-7-18-36(35)32-47(41)55/h3-32H,1-2H3. The number of nitrogens with zero attached hydrogens (tertiary/aromatic N) is 4. The lowest BCUT2D eigenvalue weighted by Gasteiger charge is -2.28. The first-order chi connectivity index (χ1) is 27.0. The van der Waals surface area contributed by atoms with Gasteiger partial charge in [0.25, 0.3) is 0 Å². The molecule has 0 saturated heterocycles. The van der Waals surface area contributed by atoms with Crippen molar-refractivity contribution in [1.29, 1.82) is 0 Å². The second-order valence-electron chi connectivity index (χ2n) is 15.1. The molecule has 1 aliphatic carbocycles. The van der Waals surface area contributed by atoms with E-state index in [4.69, 9.17) is 9.97 Å². The van der Waals surface area contributed by atoms with Crippen LogP contribution in [-0.2, 0) is 5.41 Å². The van der Waals surface area contributed by atoms with Crippen LogP contribution >= 0.6 is 0 Å². The van der Waals surface area contributed by atoms with Gasteiger partial charge in [0.15, 0.2) is 5.82 Å². The van der Waals surface area contributed by atoms with E-state index in [1.54, 1.807) is 0 Å². The Morgan fingerprint density at radius 1 is 0.491 bits per heavy atom. The van der Waals surface area contributed by atoms with Gasteiger partial charge < -0.3 is 0 Å². The summed E-state index contributed by atoms with van der Waals surface area (Å²) in [4.78, 5) is 13.3. The average molecular weight is 705 g/mol. The van der Waals surface area contributed by atoms with Crippen molar-refractivity contribution in [3.05, 3.63) is 193 Å². The van der Waals surface area contributed by atoms with E-state index in [0.717, 1.165) is 44.7 Å². The van der Waals surface area contributed by atoms with Gasteiger partial charge in [0, 0.05) is 32.8 Å². The fraction of sp³-hybridized carbons (Fsp3) is 0.0588. The van der Waals surface area contributed by atoms with Crippen molar-refractivity contribution in [2.24, 2.45) is 0 Å². The van der Waals surface area contributed by atoms with E-state index in [1.807, 2.05) is 0 Å². The molecule has 0 bridgehead atoms. The molecule has 0 saturated carbocycles. The summed E-state index contributed by atoms with van der Waals surface area (Å²) in [5, 5.41) is 5.80. The Kier molecular flexibility index (Phi) is 6.86. The molecule has 0 aliphatic heterocycles. The lowest BCUT2D eigenvalue weighted by Crippen LogP contribution is -2.17. The molecule has 4 heteroatoms. The minimum Gasteiger partial charge on any atom is -0.293 e. The highest BCUT2D eigenvalue weighted by atomic mass is 15.3. The van der Waals surface area contributed by atoms with Crippen LogP contribution in [-0.4, -0.2) is 14.5 Å². The smallest absolute Gasteiger partial charge is 0.237 e. The molecule has 55 heavy (non-hydrogen) atoms. The molecule has 1 aliphatic rings. The molecule has 4 nitrogen and oxygen atoms in total. The summed E-state index contributed by atoms with van der Waals surface area (Å²) in [7, 11) is 0. The van der Waals surface area contributed by atoms with Gasteiger partial charge in [-0.05, 0) is 87.1 Å². The summed E-state index contributed by atoms with van der Waals surface area (Å²) >= 11 is 0. The quantitative estimate of drug-likeness (QED) is 0.179. The maximum Gasteiger partial charge on any atom is 0.237 e. The van der Waals surface area contributed by atoms with Crippen LogP contribution in [0.3, 0.4) is 0 Å². The van der Waals surface area contributed by atoms with E-state index >= 15 is 0 Å². The van der Waals surface area contributed by atoms with Crippen LogP contribution in [0.2, 0.25) is 0 Å². The second kappa shape index (κ2) is 12.0. The predicted molar refractivity (Wildman–Crippen MR) is 229 cm³/mol. The van der Waals surface area contributed by atoms with Crippen molar-refractivity contribution in [3.8, 4) is 28.1 Å². The molecule has 0 radical (unpaired) electrons. The fourth-order valence-electron chi connectivity index (χ4n) is 8.92. The number of fused-ring (bicyclic) bond motifs is 8. The summed E-state index contributed by atoms with van der Waals surface area (Å²) in [6, 6.07) is 65.2. The van der Waals surface area contributed by atoms with Crippen molar-refractivity contribution in [2.75, 3.05) is 4.90 Å². The van der Waals surface area contributed by atoms with Gasteiger partial charge in [-0.3, -0.25) is 9.47 Å². The number of anilines is 3. The van der Waals surface area contributed by atoms with Gasteiger partial charge in [-0.25, -0.2) is 4.98 Å². The Balaban J connectivity index is 1.22. The van der Waals surface area contributed by atoms with Crippen molar-refractivity contribution in [1.82, 2.24) is 14.5 Å². The highest BCUT2D eigenvalue weighted by molar-refractivity contribution is 6.14. The SMILES string of the molecule is CC1(C)c2ccccc2-c2c(N(c3ccc(-c4ccccc4)cc3)c3nc(-n4c5ccccc5c5cc6ccccc6cc54)c4ccccc4n3)cccc21. The molecule has 11 rings (SSSR count). The first kappa shape index (κ1) is 31.5. The molecule has 0 amide bonds. The first-order valence-corrected chi connectivity index (χ1v) is 18.9. The van der Waals surface area contributed by atoms with Gasteiger partial charge in [-0.1, -0.05) is 147 Å². The molecule has 0 atom stereocenters. The maximum absolute atomic E-state index is 5.65. The molecule has 10 aromatic rings. The van der Waals surface area contributed by atoms with Crippen LogP contribution in [0.5, 0.6) is 0 Å². The van der Waals surface area contributed by atoms with Gasteiger partial charge in [0.2, 0.25) is 5.95 Å². The summed E-state index contributed by atoms with van der Waals surface area (Å²) < 4.78 is 2.34. The van der Waals surface area contributed by atoms with Gasteiger partial charge in [0.1, 0.15) is 0 Å². The number of rotatable bonds is 5. The summed E-state index contributed by atoms with van der Waals surface area (Å²) in [6.45, 7) is 4.66. The number of hydrogen-bond acceptors (Lipinski definition) is 3. The molecule has 0 unspecified atom stereocenters. The lowest BCUT2D eigenvalue weighted by atomic mass is 9.82. The zero-order valence-electron chi connectivity index (χ0n) is 30.6. The highest BCUT2D eigenvalue weighted by Gasteiger charge is 2.38. The van der Waals surface area contributed by atoms with Crippen LogP contribution in [0.4, 0.5) is 17.3 Å². The Morgan fingerprint density at radius 3 is 1.98 bits per heavy atom. The molecule has 2 aromatic heterocycles. The number of aromatic nitrogens is 3. The zero-order chi connectivity index (χ0) is 36.7. The average Bonchev–Trinajstić information content (AvgIpc) is 3.68. The minimum atomic E-state index is -0.161. The third-order valence-electron chi connectivity index (χ3n) is 11.6. The molecular weight excluding hydrogens is 669 g/mol. The van der Waals surface area contributed by atoms with Gasteiger partial charge in [0.05, 0.1) is 22.2 Å². The molecule has 260 valence electrons. The first-order valence-electron chi connectivity index (χ1n) is 18.9. The normalized spacial score (nSPS) is 13.1. The summed E-state index contributed by atoms with van der Waals surface area (Å²) in [5.74, 6) is 1.46. The highest BCUT2D eigenvalue weighted by Crippen LogP contribution is 2.54. The molecular formula is C51H36N4. The monoisotopic (exact) mass is 704 g/mol. The van der Waals surface area contributed by atoms with Crippen molar-refractivity contribution >= 4 is 60.8 Å². The van der Waals surface area contributed by atoms with E-state index in [1.165, 1.54) is 49.4 Å². The molecule has 0 N–H and O–H groups in total. The molecule has 0 spiro atoms. The van der Waals surface area contributed by atoms with E-state index < -0.39 is 0 Å². The van der Waals surface area contributed by atoms with Crippen LogP contribution < -0.4 is 4.90 Å². The summed E-state index contributed by atoms with van der Waals surface area (Å²) in [5.41, 5.74) is 12.4. The topological polar surface area (TPSA) is 34.0 Å². The lowest BCUT2D eigenvalue weighted by molar-refractivity contribution is 0.660. The maximum atomic E-state index is 5.65. The third-order valence-corrected chi connectivity index (χ3v) is 11.6. The van der Waals surface area contributed by atoms with E-state index in [-0.39, 0.29) is 5.41 Å². The van der Waals surface area contributed by atoms with Crippen LogP contribution in [0.1, 0.15) is 25.0 Å². The molecule has 0 fully saturated rings. The van der Waals surface area contributed by atoms with Crippen molar-refractivity contribution in [2.45, 2.75) is 19.3 Å². The van der Waals surface area contributed by atoms with Gasteiger partial charge in [-0.15, -0.1) is 0 Å². The summed E-state index contributed by atoms with van der Waals surface area (Å²) in [6.07, 6.45) is 0. The fourth-order valence-corrected chi connectivity index (χ4v) is 8.92. The Morgan fingerprint density at radius 2 is 1.15 bits per heavy atom. The van der Waals surface area contributed by atoms with Crippen LogP contribution in [0, 0.1) is 0 Å². The van der Waals surface area contributed by atoms with Gasteiger partial charge in [-0.2, -0.15) is 4.98 Å². The Labute approximate surface area is 319 Å². The Hall–Kier alpha value is -7.04. The number of hydrogen-bond donors (Lipinski definition) is 0. The van der Waals surface area contributed by atoms with Crippen LogP contribution in [0.15, 0.2) is 182 Å². The van der Waals surface area contributed by atoms with E-state index in [0.29, 0.717) is 5.95 Å². The number of para-hydroxylation sites is 2. The van der Waals surface area contributed by atoms with Crippen molar-refractivity contribution in [3.63, 3.8) is 0 Å². The van der Waals surface area contributed by atoms with E-state index in [9.17, 15) is 0 Å². The minimum absolute atomic E-state index is 0.161. The predicted octanol–water partition coefficient (Wildman–Crippen LogP) is 13.3. The van der Waals surface area contributed by atoms with Gasteiger partial charge >= 0.3 is 0 Å². The Bertz CT molecular complexity index is 3120. The zero-order valence-corrected chi connectivity index (χ0v) is 30.6. The second-order valence-corrected chi connectivity index (χ2v) is 15.1. The number of benzene rings is 8. The van der Waals surface area contributed by atoms with E-state index in [2.05, 4.69) is 205 Å². The van der Waals surface area contributed by atoms with Crippen molar-refractivity contribution < 1.29 is 0 Å². The van der Waals surface area contributed by atoms with Crippen LogP contribution in [0.25, 0.3) is 71.6 Å². The largest absolute Gasteiger partial charge is 0.293 e. The molecule has 8 aromatic carbocycles. The molecule has 2 heterocycles.